The normalized spacial score (nSPS) is 16.5. The van der Waals surface area contributed by atoms with Gasteiger partial charge in [-0.2, -0.15) is 0 Å². The van der Waals surface area contributed by atoms with E-state index in [0.717, 1.165) is 5.69 Å². The molecule has 1 aromatic rings. The maximum Gasteiger partial charge on any atom is 0.253 e. The lowest BCUT2D eigenvalue weighted by atomic mass is 10.1. The maximum atomic E-state index is 12.7. The first-order valence-corrected chi connectivity index (χ1v) is 10.2. The van der Waals surface area contributed by atoms with Gasteiger partial charge in [0, 0.05) is 38.4 Å². The summed E-state index contributed by atoms with van der Waals surface area (Å²) in [6, 6.07) is 7.53. The van der Waals surface area contributed by atoms with E-state index in [0.29, 0.717) is 31.5 Å². The van der Waals surface area contributed by atoms with Gasteiger partial charge in [0.05, 0.1) is 11.0 Å². The lowest BCUT2D eigenvalue weighted by molar-refractivity contribution is 0.0725. The fourth-order valence-corrected chi connectivity index (χ4v) is 5.25. The molecule has 1 fully saturated rings. The van der Waals surface area contributed by atoms with Crippen molar-refractivity contribution < 1.29 is 13.2 Å². The average Bonchev–Trinajstić information content (AvgIpc) is 2.53. The molecule has 0 spiro atoms. The van der Waals surface area contributed by atoms with E-state index < -0.39 is 9.84 Å². The Morgan fingerprint density at radius 3 is 2.42 bits per heavy atom. The van der Waals surface area contributed by atoms with Crippen molar-refractivity contribution in [3.05, 3.63) is 29.8 Å². The molecule has 0 radical (unpaired) electrons. The minimum absolute atomic E-state index is 0.0154. The van der Waals surface area contributed by atoms with Gasteiger partial charge < -0.3 is 9.80 Å². The number of hydrogen-bond acceptors (Lipinski definition) is 4. The minimum atomic E-state index is -3.06. The summed E-state index contributed by atoms with van der Waals surface area (Å²) < 4.78 is 24.7. The molecule has 0 saturated carbocycles. The number of carbonyl (C=O) groups is 1. The Kier molecular flexibility index (Phi) is 5.91. The first kappa shape index (κ1) is 18.8. The number of sulfone groups is 1. The van der Waals surface area contributed by atoms with Crippen molar-refractivity contribution >= 4 is 21.4 Å². The Bertz CT molecular complexity index is 675. The smallest absolute Gasteiger partial charge is 0.253 e. The molecule has 24 heavy (non-hydrogen) atoms. The third-order valence-electron chi connectivity index (χ3n) is 4.41. The van der Waals surface area contributed by atoms with E-state index in [9.17, 15) is 13.2 Å². The Hall–Kier alpha value is -1.56. The van der Waals surface area contributed by atoms with Crippen LogP contribution in [0.4, 0.5) is 5.69 Å². The lowest BCUT2D eigenvalue weighted by Crippen LogP contribution is -2.43. The summed E-state index contributed by atoms with van der Waals surface area (Å²) in [5, 5.41) is -0.308. The quantitative estimate of drug-likeness (QED) is 0.817. The number of amides is 1. The second-order valence-corrected chi connectivity index (χ2v) is 9.49. The molecule has 0 aliphatic carbocycles. The minimum Gasteiger partial charge on any atom is -0.378 e. The zero-order valence-electron chi connectivity index (χ0n) is 15.0. The van der Waals surface area contributed by atoms with Crippen molar-refractivity contribution in [2.45, 2.75) is 31.9 Å². The number of rotatable bonds is 5. The molecule has 0 unspecified atom stereocenters. The molecule has 5 nitrogen and oxygen atoms in total. The zero-order valence-corrected chi connectivity index (χ0v) is 15.8. The van der Waals surface area contributed by atoms with Crippen LogP contribution >= 0.6 is 0 Å². The summed E-state index contributed by atoms with van der Waals surface area (Å²) >= 11 is 0. The van der Waals surface area contributed by atoms with Gasteiger partial charge in [-0.05, 0) is 37.0 Å². The van der Waals surface area contributed by atoms with Crippen LogP contribution in [0.5, 0.6) is 0 Å². The average molecular weight is 353 g/mol. The van der Waals surface area contributed by atoms with E-state index in [4.69, 9.17) is 0 Å². The molecule has 1 aliphatic rings. The van der Waals surface area contributed by atoms with Crippen LogP contribution in [0.2, 0.25) is 0 Å². The van der Waals surface area contributed by atoms with Gasteiger partial charge in [-0.25, -0.2) is 8.42 Å². The molecule has 6 heteroatoms. The fourth-order valence-electron chi connectivity index (χ4n) is 3.12. The van der Waals surface area contributed by atoms with E-state index in [1.807, 2.05) is 57.1 Å². The Labute approximate surface area is 145 Å². The number of hydrogen-bond donors (Lipinski definition) is 0. The molecule has 0 aromatic heterocycles. The Morgan fingerprint density at radius 2 is 1.88 bits per heavy atom. The first-order valence-electron chi connectivity index (χ1n) is 8.49. The van der Waals surface area contributed by atoms with Gasteiger partial charge >= 0.3 is 0 Å². The molecule has 1 amide bonds. The number of carbonyl (C=O) groups excluding carboxylic acids is 1. The molecule has 1 aromatic carbocycles. The number of piperidine rings is 1. The zero-order chi connectivity index (χ0) is 17.9. The van der Waals surface area contributed by atoms with E-state index in [2.05, 4.69) is 0 Å². The third kappa shape index (κ3) is 4.50. The highest BCUT2D eigenvalue weighted by molar-refractivity contribution is 7.92. The van der Waals surface area contributed by atoms with Crippen LogP contribution in [0.15, 0.2) is 24.3 Å². The van der Waals surface area contributed by atoms with Crippen LogP contribution in [-0.4, -0.2) is 57.4 Å². The van der Waals surface area contributed by atoms with Gasteiger partial charge in [0.15, 0.2) is 9.84 Å². The van der Waals surface area contributed by atoms with Gasteiger partial charge in [-0.1, -0.05) is 19.9 Å². The molecule has 1 aliphatic heterocycles. The Morgan fingerprint density at radius 1 is 1.25 bits per heavy atom. The molecule has 0 N–H and O–H groups in total. The number of benzene rings is 1. The van der Waals surface area contributed by atoms with Crippen LogP contribution in [-0.2, 0) is 9.84 Å². The van der Waals surface area contributed by atoms with Gasteiger partial charge in [0.25, 0.3) is 5.91 Å². The van der Waals surface area contributed by atoms with Crippen LogP contribution in [0, 0.1) is 5.92 Å². The largest absolute Gasteiger partial charge is 0.378 e. The summed E-state index contributed by atoms with van der Waals surface area (Å²) in [6.07, 6.45) is 1.07. The van der Waals surface area contributed by atoms with Crippen LogP contribution < -0.4 is 4.90 Å². The van der Waals surface area contributed by atoms with Gasteiger partial charge in [0.1, 0.15) is 0 Å². The van der Waals surface area contributed by atoms with E-state index >= 15 is 0 Å². The monoisotopic (exact) mass is 352 g/mol. The second kappa shape index (κ2) is 7.55. The lowest BCUT2D eigenvalue weighted by Gasteiger charge is -2.32. The van der Waals surface area contributed by atoms with E-state index in [-0.39, 0.29) is 22.8 Å². The first-order chi connectivity index (χ1) is 11.2. The number of likely N-dealkylation sites (tertiary alicyclic amines) is 1. The van der Waals surface area contributed by atoms with Gasteiger partial charge in [-0.15, -0.1) is 0 Å². The standard InChI is InChI=1S/C18H28N2O3S/c1-14(2)13-24(22,23)17-8-10-20(11-9-17)18(21)15-6-5-7-16(12-15)19(3)4/h5-7,12,14,17H,8-11,13H2,1-4H3. The van der Waals surface area contributed by atoms with Crippen molar-refractivity contribution in [1.82, 2.24) is 4.90 Å². The van der Waals surface area contributed by atoms with Crippen molar-refractivity contribution in [3.63, 3.8) is 0 Å². The predicted octanol–water partition coefficient (Wildman–Crippen LogP) is 2.43. The summed E-state index contributed by atoms with van der Waals surface area (Å²) in [7, 11) is 0.819. The predicted molar refractivity (Wildman–Crippen MR) is 98.3 cm³/mol. The highest BCUT2D eigenvalue weighted by atomic mass is 32.2. The highest BCUT2D eigenvalue weighted by Crippen LogP contribution is 2.22. The van der Waals surface area contributed by atoms with Crippen molar-refractivity contribution in [3.8, 4) is 0 Å². The molecule has 2 rings (SSSR count). The molecular formula is C18H28N2O3S. The summed E-state index contributed by atoms with van der Waals surface area (Å²) in [5.74, 6) is 0.359. The van der Waals surface area contributed by atoms with Gasteiger partial charge in [-0.3, -0.25) is 4.79 Å². The fraction of sp³-hybridized carbons (Fsp3) is 0.611. The topological polar surface area (TPSA) is 57.7 Å². The third-order valence-corrected chi connectivity index (χ3v) is 7.03. The summed E-state index contributed by atoms with van der Waals surface area (Å²) in [4.78, 5) is 16.4. The maximum absolute atomic E-state index is 12.7. The SMILES string of the molecule is CC(C)CS(=O)(=O)C1CCN(C(=O)c2cccc(N(C)C)c2)CC1. The van der Waals surface area contributed by atoms with E-state index in [1.54, 1.807) is 4.90 Å². The molecule has 134 valence electrons. The van der Waals surface area contributed by atoms with Crippen LogP contribution in [0.3, 0.4) is 0 Å². The molecule has 0 atom stereocenters. The molecule has 1 saturated heterocycles. The summed E-state index contributed by atoms with van der Waals surface area (Å²) in [5.41, 5.74) is 1.64. The van der Waals surface area contributed by atoms with Crippen molar-refractivity contribution in [2.24, 2.45) is 5.92 Å². The summed E-state index contributed by atoms with van der Waals surface area (Å²) in [6.45, 7) is 4.86. The van der Waals surface area contributed by atoms with E-state index in [1.165, 1.54) is 0 Å². The molecule has 0 bridgehead atoms. The highest BCUT2D eigenvalue weighted by Gasteiger charge is 2.32. The number of nitrogens with zero attached hydrogens (tertiary/aromatic N) is 2. The Balaban J connectivity index is 2.02. The van der Waals surface area contributed by atoms with Gasteiger partial charge in [0.2, 0.25) is 0 Å². The van der Waals surface area contributed by atoms with Crippen molar-refractivity contribution in [2.75, 3.05) is 37.8 Å². The molecule has 1 heterocycles. The molecular weight excluding hydrogens is 324 g/mol. The number of anilines is 1. The van der Waals surface area contributed by atoms with Crippen molar-refractivity contribution in [1.29, 1.82) is 0 Å². The van der Waals surface area contributed by atoms with Crippen LogP contribution in [0.1, 0.15) is 37.0 Å². The second-order valence-electron chi connectivity index (χ2n) is 7.16. The van der Waals surface area contributed by atoms with Crippen LogP contribution in [0.25, 0.3) is 0 Å².